The zero-order valence-corrected chi connectivity index (χ0v) is 71.5. The summed E-state index contributed by atoms with van der Waals surface area (Å²) >= 11 is 33.1. The van der Waals surface area contributed by atoms with Gasteiger partial charge in [-0.05, 0) is 116 Å². The first-order valence-corrected chi connectivity index (χ1v) is 45.8. The maximum Gasteiger partial charge on any atom is 0.408 e. The van der Waals surface area contributed by atoms with E-state index in [9.17, 15) is 52.7 Å². The van der Waals surface area contributed by atoms with Gasteiger partial charge in [-0.15, -0.1) is 26.3 Å². The summed E-state index contributed by atoms with van der Waals surface area (Å²) in [4.78, 5) is 130. The van der Waals surface area contributed by atoms with Gasteiger partial charge in [0.15, 0.2) is 0 Å². The van der Waals surface area contributed by atoms with Gasteiger partial charge in [0.1, 0.15) is 55.1 Å². The smallest absolute Gasteiger partial charge is 0.408 e. The fraction of sp³-hybridized carbons (Fsp3) is 0.732. The summed E-state index contributed by atoms with van der Waals surface area (Å²) < 4.78 is 31.1. The largest absolute Gasteiger partial charge is 0.480 e. The predicted molar refractivity (Wildman–Crippen MR) is 428 cm³/mol. The Morgan fingerprint density at radius 3 is 1.23 bits per heavy atom. The molecule has 0 aromatic heterocycles. The maximum atomic E-state index is 13.6. The van der Waals surface area contributed by atoms with Crippen molar-refractivity contribution < 1.29 is 101 Å². The number of carboxylic acid groups (broad SMARTS) is 3. The number of hydrogen-bond donors (Lipinski definition) is 10. The fourth-order valence-corrected chi connectivity index (χ4v) is 11.3. The molecule has 2 saturated heterocycles. The van der Waals surface area contributed by atoms with Gasteiger partial charge >= 0.3 is 60.3 Å². The van der Waals surface area contributed by atoms with Crippen molar-refractivity contribution in [3.8, 4) is 0 Å². The molecule has 0 aromatic carbocycles. The molecule has 0 saturated carbocycles. The first kappa shape index (κ1) is 106. The van der Waals surface area contributed by atoms with Crippen LogP contribution in [0.5, 0.6) is 0 Å². The lowest BCUT2D eigenvalue weighted by molar-refractivity contribution is -0.151. The monoisotopic (exact) mass is 1690 g/mol. The van der Waals surface area contributed by atoms with Crippen LogP contribution in [0.25, 0.3) is 0 Å². The summed E-state index contributed by atoms with van der Waals surface area (Å²) in [6, 6.07) is -3.92. The molecule has 37 heteroatoms. The minimum absolute atomic E-state index is 0.000778. The van der Waals surface area contributed by atoms with E-state index in [1.807, 2.05) is 24.3 Å². The standard InChI is InChI=1S/C24H40Cl3N3O7Si.C15H29NO4Si.C14H25NO4.C9H13Cl3N2O4.C9H17NO2/c1-6-7-8-9-10-11-18(29-23(34)36-12-13-38(3,4)5)20(31)30-15-17(14-19(30)21(32)35-2)28-22(33)37-16-24(25,26)27;1-5-6-7-8-9-10-13(14(17)18)16-15(19)20-11-12-21(2,3)4;1-5-6-7-8-9-10-11(12(16)17)15-13(18)19-14(2,3)4;1-17-7(15)6-2-5(3-13-6)14-8(16)18-4-9(10,11)12;1-2-3-4-5-6-7-8(10)9(11)12/h6,17-19H,1,7-16H2,2-5H3,(H,28,33)(H,29,34);5,13H,1,6-12H2,2-4H3,(H,16,19)(H,17,18);5,11H,1,6-10H2,2-4H3,(H,15,18)(H,16,17);5-6,13H,2-4H2,1H3,(H,14,16);2,8H,1,3-7,10H2,(H,11,12)/t17-,18+,19+;13-;11-;5-,6+;8-/m10010/s1. The number of alkyl halides is 6. The van der Waals surface area contributed by atoms with Crippen molar-refractivity contribution in [2.75, 3.05) is 53.7 Å². The number of halogens is 6. The van der Waals surface area contributed by atoms with Crippen LogP contribution in [0.1, 0.15) is 162 Å². The molecule has 2 fully saturated rings. The number of methoxy groups -OCH3 is 2. The van der Waals surface area contributed by atoms with E-state index >= 15 is 0 Å². The molecular weight excluding hydrogens is 1570 g/mol. The van der Waals surface area contributed by atoms with Crippen molar-refractivity contribution in [3.63, 3.8) is 0 Å². The number of nitrogens with one attached hydrogen (secondary N) is 6. The fourth-order valence-electron chi connectivity index (χ4n) is 9.51. The molecule has 0 aliphatic carbocycles. The maximum absolute atomic E-state index is 13.6. The highest BCUT2D eigenvalue weighted by Gasteiger charge is 2.44. The van der Waals surface area contributed by atoms with Crippen molar-refractivity contribution in [1.29, 1.82) is 0 Å². The number of unbranched alkanes of at least 4 members (excludes halogenated alkanes) is 12. The normalized spacial score (nSPS) is 16.4. The number of hydrogen-bond acceptors (Lipinski definition) is 20. The topological polar surface area (TPSA) is 415 Å². The highest BCUT2D eigenvalue weighted by molar-refractivity contribution is 6.76. The second kappa shape index (κ2) is 59.0. The van der Waals surface area contributed by atoms with E-state index in [0.717, 1.165) is 108 Å². The minimum Gasteiger partial charge on any atom is -0.480 e. The Labute approximate surface area is 670 Å². The Morgan fingerprint density at radius 2 is 0.880 bits per heavy atom. The van der Waals surface area contributed by atoms with Crippen molar-refractivity contribution in [2.24, 2.45) is 5.73 Å². The number of carbonyl (C=O) groups is 11. The van der Waals surface area contributed by atoms with Crippen LogP contribution >= 0.6 is 69.6 Å². The van der Waals surface area contributed by atoms with E-state index in [0.29, 0.717) is 51.7 Å². The quantitative estimate of drug-likeness (QED) is 0.00677. The number of nitrogens with zero attached hydrogens (tertiary/aromatic N) is 1. The summed E-state index contributed by atoms with van der Waals surface area (Å²) in [5, 5.41) is 42.1. The molecule has 0 bridgehead atoms. The van der Waals surface area contributed by atoms with Crippen LogP contribution in [0.2, 0.25) is 51.4 Å². The number of amides is 6. The van der Waals surface area contributed by atoms with Crippen molar-refractivity contribution in [2.45, 2.75) is 275 Å². The SMILES string of the molecule is C=CCCCCC[C@H](N)C(=O)O.C=CCCCCC[C@H](NC(=O)OC(C)(C)C)C(=O)O.C=CCCCCC[C@H](NC(=O)OCC[Si](C)(C)C)C(=O)N1C[C@H](NC(=O)OCC(Cl)(Cl)Cl)C[C@H]1C(=O)OC.C=CCCCCC[C@H](NC(=O)OCC[Si](C)(C)C)C(=O)O.COC(=O)[C@@H]1C[C@@H](NC(=O)OCC(Cl)(Cl)Cl)CN1. The Balaban J connectivity index is -0.00000135. The van der Waals surface area contributed by atoms with Gasteiger partial charge in [-0.2, -0.15) is 0 Å². The third kappa shape index (κ3) is 61.9. The van der Waals surface area contributed by atoms with Crippen LogP contribution in [0.3, 0.4) is 0 Å². The van der Waals surface area contributed by atoms with Crippen molar-refractivity contribution in [1.82, 2.24) is 36.8 Å². The Kier molecular flexibility index (Phi) is 58.2. The van der Waals surface area contributed by atoms with Gasteiger partial charge in [0.05, 0.1) is 33.5 Å². The molecule has 2 aliphatic heterocycles. The van der Waals surface area contributed by atoms with Gasteiger partial charge in [0, 0.05) is 41.7 Å². The van der Waals surface area contributed by atoms with Gasteiger partial charge in [-0.1, -0.05) is 185 Å². The van der Waals surface area contributed by atoms with Gasteiger partial charge in [-0.3, -0.25) is 14.4 Å². The average Bonchev–Trinajstić information content (AvgIpc) is 1.66. The Bertz CT molecular complexity index is 2720. The second-order valence-electron chi connectivity index (χ2n) is 28.9. The van der Waals surface area contributed by atoms with Crippen LogP contribution < -0.4 is 37.6 Å². The first-order valence-electron chi connectivity index (χ1n) is 36.1. The van der Waals surface area contributed by atoms with E-state index in [1.54, 1.807) is 20.8 Å². The molecule has 8 atom stereocenters. The number of carboxylic acids is 3. The number of allylic oxidation sites excluding steroid dienone is 4. The van der Waals surface area contributed by atoms with Crippen molar-refractivity contribution in [3.05, 3.63) is 50.6 Å². The third-order valence-corrected chi connectivity index (χ3v) is 19.4. The number of rotatable bonds is 43. The van der Waals surface area contributed by atoms with Gasteiger partial charge in [0.2, 0.25) is 13.5 Å². The Hall–Kier alpha value is -5.78. The number of esters is 2. The number of ether oxygens (including phenoxy) is 7. The number of alkyl carbamates (subject to hydrolysis) is 5. The van der Waals surface area contributed by atoms with Crippen LogP contribution in [0, 0.1) is 0 Å². The van der Waals surface area contributed by atoms with Gasteiger partial charge in [0.25, 0.3) is 0 Å². The van der Waals surface area contributed by atoms with Crippen LogP contribution in [0.15, 0.2) is 50.6 Å². The molecular formula is C71H124Cl6N8O21Si2. The molecule has 108 heavy (non-hydrogen) atoms. The van der Waals surface area contributed by atoms with Crippen LogP contribution in [-0.4, -0.2) is 218 Å². The summed E-state index contributed by atoms with van der Waals surface area (Å²) in [5.74, 6) is -4.42. The molecule has 2 rings (SSSR count). The molecule has 2 aliphatic rings. The zero-order chi connectivity index (χ0) is 83.3. The molecule has 2 heterocycles. The highest BCUT2D eigenvalue weighted by atomic mass is 35.6. The number of aliphatic carboxylic acids is 3. The third-order valence-electron chi connectivity index (χ3n) is 15.3. The van der Waals surface area contributed by atoms with Crippen LogP contribution in [-0.2, 0) is 61.9 Å². The Morgan fingerprint density at radius 1 is 0.509 bits per heavy atom. The summed E-state index contributed by atoms with van der Waals surface area (Å²) in [5.41, 5.74) is 4.68. The number of likely N-dealkylation sites (tertiary alicyclic amines) is 1. The van der Waals surface area contributed by atoms with E-state index in [4.69, 9.17) is 119 Å². The van der Waals surface area contributed by atoms with E-state index < -0.39 is 138 Å². The zero-order valence-electron chi connectivity index (χ0n) is 65.0. The lowest BCUT2D eigenvalue weighted by Crippen LogP contribution is -2.52. The van der Waals surface area contributed by atoms with Crippen LogP contribution in [0.4, 0.5) is 24.0 Å². The number of nitrogens with two attached hydrogens (primary N) is 1. The average molecular weight is 1690 g/mol. The van der Waals surface area contributed by atoms with E-state index in [-0.39, 0.29) is 38.2 Å². The molecule has 0 radical (unpaired) electrons. The molecule has 11 N–H and O–H groups in total. The molecule has 0 spiro atoms. The highest BCUT2D eigenvalue weighted by Crippen LogP contribution is 2.28. The lowest BCUT2D eigenvalue weighted by atomic mass is 10.1. The summed E-state index contributed by atoms with van der Waals surface area (Å²) in [6.45, 7) is 33.1. The van der Waals surface area contributed by atoms with Crippen molar-refractivity contribution >= 4 is 152 Å². The lowest BCUT2D eigenvalue weighted by Gasteiger charge is -2.28. The molecule has 29 nitrogen and oxygen atoms in total. The van der Waals surface area contributed by atoms with Gasteiger partial charge < -0.3 is 91.0 Å². The molecule has 624 valence electrons. The van der Waals surface area contributed by atoms with Gasteiger partial charge in [-0.25, -0.2) is 38.4 Å². The van der Waals surface area contributed by atoms with E-state index in [1.165, 1.54) is 19.1 Å². The molecule has 6 amide bonds. The first-order chi connectivity index (χ1) is 50.2. The molecule has 0 aromatic rings. The minimum atomic E-state index is -1.78. The summed E-state index contributed by atoms with van der Waals surface area (Å²) in [6.07, 6.45) is 20.6. The summed E-state index contributed by atoms with van der Waals surface area (Å²) in [7, 11) is -0.140. The predicted octanol–water partition coefficient (Wildman–Crippen LogP) is 14.1. The number of carbonyl (C=O) groups excluding carboxylic acids is 8. The molecule has 0 unspecified atom stereocenters. The van der Waals surface area contributed by atoms with E-state index in [2.05, 4.69) is 102 Å². The second-order valence-corrected chi connectivity index (χ2v) is 45.1.